The third kappa shape index (κ3) is 4.09. The second-order valence-electron chi connectivity index (χ2n) is 7.87. The van der Waals surface area contributed by atoms with Gasteiger partial charge in [0.1, 0.15) is 5.69 Å². The summed E-state index contributed by atoms with van der Waals surface area (Å²) < 4.78 is 41.8. The Bertz CT molecular complexity index is 1450. The van der Waals surface area contributed by atoms with Crippen molar-refractivity contribution in [2.45, 2.75) is 19.3 Å². The first-order chi connectivity index (χ1) is 15.8. The summed E-state index contributed by atoms with van der Waals surface area (Å²) >= 11 is 0. The molecular formula is C24H18F3N5O. The highest BCUT2D eigenvalue weighted by molar-refractivity contribution is 6.15. The molecule has 3 aromatic heterocycles. The van der Waals surface area contributed by atoms with Crippen LogP contribution in [0.15, 0.2) is 77.0 Å². The van der Waals surface area contributed by atoms with E-state index in [4.69, 9.17) is 0 Å². The molecule has 0 unspecified atom stereocenters. The van der Waals surface area contributed by atoms with Crippen LogP contribution in [0.1, 0.15) is 27.9 Å². The molecule has 1 aromatic carbocycles. The molecule has 166 valence electrons. The molecule has 1 aliphatic rings. The van der Waals surface area contributed by atoms with Gasteiger partial charge in [-0.05, 0) is 46.5 Å². The van der Waals surface area contributed by atoms with Crippen LogP contribution in [0.3, 0.4) is 0 Å². The quantitative estimate of drug-likeness (QED) is 0.472. The lowest BCUT2D eigenvalue weighted by molar-refractivity contribution is -0.141. The molecule has 4 heterocycles. The lowest BCUT2D eigenvalue weighted by Crippen LogP contribution is -2.19. The van der Waals surface area contributed by atoms with Gasteiger partial charge in [0.2, 0.25) is 0 Å². The summed E-state index contributed by atoms with van der Waals surface area (Å²) in [6, 6.07) is 11.6. The fourth-order valence-corrected chi connectivity index (χ4v) is 3.90. The van der Waals surface area contributed by atoms with Crippen LogP contribution in [0, 0.1) is 0 Å². The van der Waals surface area contributed by atoms with Crippen molar-refractivity contribution in [2.75, 3.05) is 0 Å². The molecule has 33 heavy (non-hydrogen) atoms. The van der Waals surface area contributed by atoms with Crippen molar-refractivity contribution >= 4 is 5.71 Å². The number of hydrogen-bond donors (Lipinski definition) is 0. The highest BCUT2D eigenvalue weighted by Gasteiger charge is 2.32. The molecular weight excluding hydrogens is 431 g/mol. The van der Waals surface area contributed by atoms with Crippen LogP contribution >= 0.6 is 0 Å². The van der Waals surface area contributed by atoms with E-state index in [1.807, 2.05) is 31.4 Å². The van der Waals surface area contributed by atoms with Crippen LogP contribution in [-0.4, -0.2) is 25.0 Å². The molecule has 5 rings (SSSR count). The van der Waals surface area contributed by atoms with Crippen LogP contribution in [0.25, 0.3) is 11.1 Å². The van der Waals surface area contributed by atoms with E-state index < -0.39 is 11.9 Å². The summed E-state index contributed by atoms with van der Waals surface area (Å²) in [6.07, 6.45) is 1.84. The number of nitrogens with zero attached hydrogens (tertiary/aromatic N) is 5. The number of rotatable bonds is 4. The predicted octanol–water partition coefficient (Wildman–Crippen LogP) is 4.06. The number of fused-ring (bicyclic) bond motifs is 1. The number of benzene rings is 1. The second-order valence-corrected chi connectivity index (χ2v) is 7.87. The van der Waals surface area contributed by atoms with E-state index in [1.165, 1.54) is 16.7 Å². The molecule has 0 amide bonds. The Labute approximate surface area is 186 Å². The van der Waals surface area contributed by atoms with Crippen molar-refractivity contribution in [1.82, 2.24) is 19.3 Å². The average Bonchev–Trinajstić information content (AvgIpc) is 3.40. The standard InChI is InChI=1S/C24H18F3N5O/c1-31-14-19(12-30-31)23-20-9-16(2-3-18(20)11-29-23)17-5-7-32(22(33)10-17)13-15-4-6-28-21(8-15)24(25,26)27/h2-10,12,14H,11,13H2,1H3. The van der Waals surface area contributed by atoms with Gasteiger partial charge in [-0.1, -0.05) is 12.1 Å². The van der Waals surface area contributed by atoms with Crippen molar-refractivity contribution in [3.8, 4) is 11.1 Å². The topological polar surface area (TPSA) is 65.1 Å². The van der Waals surface area contributed by atoms with E-state index in [9.17, 15) is 18.0 Å². The second kappa shape index (κ2) is 7.84. The first kappa shape index (κ1) is 20.9. The molecule has 0 spiro atoms. The van der Waals surface area contributed by atoms with Crippen LogP contribution in [0.4, 0.5) is 13.2 Å². The zero-order valence-corrected chi connectivity index (χ0v) is 17.5. The lowest BCUT2D eigenvalue weighted by atomic mass is 9.97. The molecule has 0 atom stereocenters. The molecule has 9 heteroatoms. The molecule has 1 aliphatic heterocycles. The fourth-order valence-electron chi connectivity index (χ4n) is 3.90. The van der Waals surface area contributed by atoms with E-state index in [2.05, 4.69) is 15.1 Å². The summed E-state index contributed by atoms with van der Waals surface area (Å²) in [5.74, 6) is 0. The van der Waals surface area contributed by atoms with E-state index >= 15 is 0 Å². The average molecular weight is 449 g/mol. The Morgan fingerprint density at radius 2 is 1.85 bits per heavy atom. The zero-order valence-electron chi connectivity index (χ0n) is 17.5. The highest BCUT2D eigenvalue weighted by atomic mass is 19.4. The van der Waals surface area contributed by atoms with Gasteiger partial charge in [-0.25, -0.2) is 0 Å². The molecule has 0 fully saturated rings. The highest BCUT2D eigenvalue weighted by Crippen LogP contribution is 2.29. The number of aryl methyl sites for hydroxylation is 1. The molecule has 6 nitrogen and oxygen atoms in total. The zero-order chi connectivity index (χ0) is 23.2. The van der Waals surface area contributed by atoms with Gasteiger partial charge in [0, 0.05) is 42.8 Å². The Kier molecular flexibility index (Phi) is 4.96. The van der Waals surface area contributed by atoms with Crippen LogP contribution in [0.5, 0.6) is 0 Å². The number of hydrogen-bond acceptors (Lipinski definition) is 4. The molecule has 0 bridgehead atoms. The van der Waals surface area contributed by atoms with Crippen LogP contribution in [0.2, 0.25) is 0 Å². The number of aromatic nitrogens is 4. The number of halogens is 3. The maximum absolute atomic E-state index is 12.9. The third-order valence-corrected chi connectivity index (χ3v) is 5.55. The van der Waals surface area contributed by atoms with Gasteiger partial charge in [-0.2, -0.15) is 18.3 Å². The molecule has 0 radical (unpaired) electrons. The van der Waals surface area contributed by atoms with Crippen LogP contribution < -0.4 is 5.56 Å². The van der Waals surface area contributed by atoms with Crippen molar-refractivity contribution in [1.29, 1.82) is 0 Å². The third-order valence-electron chi connectivity index (χ3n) is 5.55. The Morgan fingerprint density at radius 1 is 1.03 bits per heavy atom. The molecule has 4 aromatic rings. The van der Waals surface area contributed by atoms with Crippen LogP contribution in [-0.2, 0) is 26.3 Å². The smallest absolute Gasteiger partial charge is 0.311 e. The van der Waals surface area contributed by atoms with E-state index in [1.54, 1.807) is 23.1 Å². The molecule has 0 aliphatic carbocycles. The fraction of sp³-hybridized carbons (Fsp3) is 0.167. The van der Waals surface area contributed by atoms with E-state index in [0.29, 0.717) is 12.1 Å². The first-order valence-corrected chi connectivity index (χ1v) is 10.2. The van der Waals surface area contributed by atoms with Crippen molar-refractivity contribution in [3.05, 3.63) is 106 Å². The number of alkyl halides is 3. The number of aliphatic imine (C=N–C) groups is 1. The Hall–Kier alpha value is -4.01. The lowest BCUT2D eigenvalue weighted by Gasteiger charge is -2.11. The van der Waals surface area contributed by atoms with Crippen molar-refractivity contribution in [3.63, 3.8) is 0 Å². The van der Waals surface area contributed by atoms with Gasteiger partial charge in [-0.15, -0.1) is 0 Å². The molecule has 0 N–H and O–H groups in total. The molecule has 0 saturated heterocycles. The predicted molar refractivity (Wildman–Crippen MR) is 117 cm³/mol. The SMILES string of the molecule is Cn1cc(C2=NCc3ccc(-c4ccn(Cc5ccnc(C(F)(F)F)c5)c(=O)c4)cc32)cn1. The van der Waals surface area contributed by atoms with Gasteiger partial charge >= 0.3 is 6.18 Å². The Morgan fingerprint density at radius 3 is 2.58 bits per heavy atom. The minimum atomic E-state index is -4.53. The van der Waals surface area contributed by atoms with Gasteiger partial charge in [0.25, 0.3) is 5.56 Å². The minimum Gasteiger partial charge on any atom is -0.311 e. The minimum absolute atomic E-state index is 0.0205. The number of pyridine rings is 2. The van der Waals surface area contributed by atoms with Crippen molar-refractivity contribution < 1.29 is 13.2 Å². The summed E-state index contributed by atoms with van der Waals surface area (Å²) in [5.41, 5.74) is 4.55. The van der Waals surface area contributed by atoms with Crippen molar-refractivity contribution in [2.24, 2.45) is 12.0 Å². The summed E-state index contributed by atoms with van der Waals surface area (Å²) in [4.78, 5) is 20.7. The summed E-state index contributed by atoms with van der Waals surface area (Å²) in [6.45, 7) is 0.611. The van der Waals surface area contributed by atoms with Gasteiger partial charge < -0.3 is 4.57 Å². The monoisotopic (exact) mass is 449 g/mol. The largest absolute Gasteiger partial charge is 0.433 e. The Balaban J connectivity index is 1.43. The van der Waals surface area contributed by atoms with E-state index in [-0.39, 0.29) is 12.1 Å². The summed E-state index contributed by atoms with van der Waals surface area (Å²) in [5, 5.41) is 4.21. The maximum atomic E-state index is 12.9. The van der Waals surface area contributed by atoms with Gasteiger partial charge in [-0.3, -0.25) is 19.5 Å². The first-order valence-electron chi connectivity index (χ1n) is 10.2. The normalized spacial score (nSPS) is 13.2. The molecule has 0 saturated carbocycles. The van der Waals surface area contributed by atoms with Gasteiger partial charge in [0.15, 0.2) is 0 Å². The maximum Gasteiger partial charge on any atom is 0.433 e. The van der Waals surface area contributed by atoms with Gasteiger partial charge in [0.05, 0.1) is 25.0 Å². The van der Waals surface area contributed by atoms with E-state index in [0.717, 1.165) is 45.8 Å². The summed E-state index contributed by atoms with van der Waals surface area (Å²) in [7, 11) is 1.85.